The molecule has 0 aliphatic rings. The van der Waals surface area contributed by atoms with Crippen LogP contribution in [0.1, 0.15) is 10.5 Å². The number of methoxy groups -OCH3 is 1. The maximum absolute atomic E-state index is 11.4. The number of ether oxygens (including phenoxy) is 1. The van der Waals surface area contributed by atoms with Crippen LogP contribution in [0.4, 0.5) is 0 Å². The second kappa shape index (κ2) is 4.50. The number of carbonyl (C=O) groups excluding carboxylic acids is 1. The number of hydrogen-bond acceptors (Lipinski definition) is 5. The van der Waals surface area contributed by atoms with Crippen molar-refractivity contribution in [3.63, 3.8) is 0 Å². The van der Waals surface area contributed by atoms with Gasteiger partial charge in [-0.3, -0.25) is 4.68 Å². The first-order valence-electron chi connectivity index (χ1n) is 4.73. The molecule has 88 valence electrons. The lowest BCUT2D eigenvalue weighted by Crippen LogP contribution is -2.06. The molecule has 0 aliphatic carbocycles. The smallest absolute Gasteiger partial charge is 0.356 e. The van der Waals surface area contributed by atoms with Gasteiger partial charge < -0.3 is 4.74 Å². The van der Waals surface area contributed by atoms with Crippen molar-refractivity contribution >= 4 is 17.6 Å². The number of halogens is 1. The molecular weight excluding hydrogens is 244 g/mol. The predicted octanol–water partition coefficient (Wildman–Crippen LogP) is 1.32. The van der Waals surface area contributed by atoms with Gasteiger partial charge in [0.1, 0.15) is 0 Å². The lowest BCUT2D eigenvalue weighted by molar-refractivity contribution is 0.0594. The number of aromatic nitrogens is 4. The van der Waals surface area contributed by atoms with Crippen molar-refractivity contribution in [2.45, 2.75) is 0 Å². The number of carbonyl (C=O) groups is 1. The predicted molar refractivity (Wildman–Crippen MR) is 60.6 cm³/mol. The average Bonchev–Trinajstić information content (AvgIpc) is 2.73. The van der Waals surface area contributed by atoms with Crippen molar-refractivity contribution in [1.82, 2.24) is 19.7 Å². The monoisotopic (exact) mass is 252 g/mol. The molecule has 0 spiro atoms. The minimum Gasteiger partial charge on any atom is -0.464 e. The van der Waals surface area contributed by atoms with Crippen LogP contribution in [0.5, 0.6) is 0 Å². The molecule has 0 aromatic carbocycles. The number of nitrogens with zero attached hydrogens (tertiary/aromatic N) is 4. The lowest BCUT2D eigenvalue weighted by Gasteiger charge is -2.04. The fraction of sp³-hybridized carbons (Fsp3) is 0.200. The summed E-state index contributed by atoms with van der Waals surface area (Å²) < 4.78 is 6.21. The van der Waals surface area contributed by atoms with E-state index in [4.69, 9.17) is 11.6 Å². The average molecular weight is 253 g/mol. The third-order valence-electron chi connectivity index (χ3n) is 2.18. The number of aryl methyl sites for hydroxylation is 1. The van der Waals surface area contributed by atoms with Crippen LogP contribution in [0.2, 0.25) is 5.28 Å². The van der Waals surface area contributed by atoms with E-state index < -0.39 is 5.97 Å². The highest BCUT2D eigenvalue weighted by Gasteiger charge is 2.13. The van der Waals surface area contributed by atoms with E-state index in [0.717, 1.165) is 5.69 Å². The molecule has 0 bridgehead atoms. The zero-order valence-electron chi connectivity index (χ0n) is 9.22. The van der Waals surface area contributed by atoms with Gasteiger partial charge in [0.15, 0.2) is 5.69 Å². The van der Waals surface area contributed by atoms with E-state index in [2.05, 4.69) is 19.8 Å². The molecule has 0 atom stereocenters. The van der Waals surface area contributed by atoms with Gasteiger partial charge in [-0.25, -0.2) is 14.8 Å². The van der Waals surface area contributed by atoms with E-state index in [0.29, 0.717) is 5.69 Å². The van der Waals surface area contributed by atoms with Crippen LogP contribution in [0.3, 0.4) is 0 Å². The molecule has 0 aliphatic heterocycles. The SMILES string of the molecule is COC(=O)c1cc(-c2ccnn2C)nc(Cl)n1. The van der Waals surface area contributed by atoms with Gasteiger partial charge in [-0.2, -0.15) is 5.10 Å². The summed E-state index contributed by atoms with van der Waals surface area (Å²) in [4.78, 5) is 19.2. The minimum absolute atomic E-state index is 0.0101. The van der Waals surface area contributed by atoms with Gasteiger partial charge in [-0.1, -0.05) is 0 Å². The van der Waals surface area contributed by atoms with E-state index in [1.807, 2.05) is 0 Å². The van der Waals surface area contributed by atoms with Crippen LogP contribution in [-0.4, -0.2) is 32.8 Å². The quantitative estimate of drug-likeness (QED) is 0.595. The van der Waals surface area contributed by atoms with Crippen molar-refractivity contribution in [3.8, 4) is 11.4 Å². The summed E-state index contributed by atoms with van der Waals surface area (Å²) in [5.41, 5.74) is 1.37. The van der Waals surface area contributed by atoms with Gasteiger partial charge in [0.2, 0.25) is 5.28 Å². The summed E-state index contributed by atoms with van der Waals surface area (Å²) in [5, 5.41) is 4.00. The Morgan fingerprint density at radius 3 is 2.82 bits per heavy atom. The van der Waals surface area contributed by atoms with E-state index in [1.54, 1.807) is 24.0 Å². The van der Waals surface area contributed by atoms with Gasteiger partial charge in [0.05, 0.1) is 18.5 Å². The Morgan fingerprint density at radius 2 is 2.24 bits per heavy atom. The third kappa shape index (κ3) is 2.26. The molecule has 2 rings (SSSR count). The fourth-order valence-electron chi connectivity index (χ4n) is 1.38. The first kappa shape index (κ1) is 11.5. The van der Waals surface area contributed by atoms with Gasteiger partial charge in [-0.15, -0.1) is 0 Å². The maximum atomic E-state index is 11.4. The van der Waals surface area contributed by atoms with Gasteiger partial charge in [-0.05, 0) is 23.7 Å². The largest absolute Gasteiger partial charge is 0.464 e. The molecule has 17 heavy (non-hydrogen) atoms. The molecule has 0 saturated heterocycles. The Balaban J connectivity index is 2.53. The van der Waals surface area contributed by atoms with Crippen molar-refractivity contribution in [1.29, 1.82) is 0 Å². The molecule has 0 N–H and O–H groups in total. The third-order valence-corrected chi connectivity index (χ3v) is 2.35. The van der Waals surface area contributed by atoms with E-state index in [9.17, 15) is 4.79 Å². The molecule has 2 heterocycles. The van der Waals surface area contributed by atoms with Crippen LogP contribution in [-0.2, 0) is 11.8 Å². The highest BCUT2D eigenvalue weighted by atomic mass is 35.5. The van der Waals surface area contributed by atoms with E-state index >= 15 is 0 Å². The highest BCUT2D eigenvalue weighted by molar-refractivity contribution is 6.28. The number of hydrogen-bond donors (Lipinski definition) is 0. The Labute approximate surface area is 102 Å². The van der Waals surface area contributed by atoms with Crippen molar-refractivity contribution < 1.29 is 9.53 Å². The fourth-order valence-corrected chi connectivity index (χ4v) is 1.57. The Kier molecular flexibility index (Phi) is 3.06. The summed E-state index contributed by atoms with van der Waals surface area (Å²) in [7, 11) is 3.05. The summed E-state index contributed by atoms with van der Waals surface area (Å²) in [6, 6.07) is 3.27. The summed E-state index contributed by atoms with van der Waals surface area (Å²) in [6.07, 6.45) is 1.63. The molecule has 0 amide bonds. The topological polar surface area (TPSA) is 69.9 Å². The van der Waals surface area contributed by atoms with Crippen LogP contribution in [0.25, 0.3) is 11.4 Å². The van der Waals surface area contributed by atoms with Gasteiger partial charge in [0, 0.05) is 13.2 Å². The molecule has 7 heteroatoms. The highest BCUT2D eigenvalue weighted by Crippen LogP contribution is 2.18. The first-order chi connectivity index (χ1) is 8.11. The minimum atomic E-state index is -0.558. The Bertz CT molecular complexity index is 567. The molecule has 2 aromatic rings. The molecule has 0 saturated carbocycles. The van der Waals surface area contributed by atoms with Crippen molar-refractivity contribution in [2.75, 3.05) is 7.11 Å². The molecule has 0 fully saturated rings. The molecular formula is C10H9ClN4O2. The zero-order chi connectivity index (χ0) is 12.4. The van der Waals surface area contributed by atoms with Crippen molar-refractivity contribution in [2.24, 2.45) is 7.05 Å². The van der Waals surface area contributed by atoms with E-state index in [-0.39, 0.29) is 11.0 Å². The summed E-state index contributed by atoms with van der Waals surface area (Å²) in [6.45, 7) is 0. The molecule has 0 radical (unpaired) electrons. The van der Waals surface area contributed by atoms with Crippen LogP contribution in [0.15, 0.2) is 18.3 Å². The zero-order valence-corrected chi connectivity index (χ0v) is 9.97. The Hall–Kier alpha value is -1.95. The van der Waals surface area contributed by atoms with Gasteiger partial charge >= 0.3 is 5.97 Å². The maximum Gasteiger partial charge on any atom is 0.356 e. The van der Waals surface area contributed by atoms with Crippen LogP contribution in [0, 0.1) is 0 Å². The molecule has 6 nitrogen and oxygen atoms in total. The molecule has 0 unspecified atom stereocenters. The van der Waals surface area contributed by atoms with E-state index in [1.165, 1.54) is 13.2 Å². The molecule has 2 aromatic heterocycles. The summed E-state index contributed by atoms with van der Waals surface area (Å²) >= 11 is 5.76. The van der Waals surface area contributed by atoms with Crippen LogP contribution >= 0.6 is 11.6 Å². The van der Waals surface area contributed by atoms with Crippen LogP contribution < -0.4 is 0 Å². The Morgan fingerprint density at radius 1 is 1.47 bits per heavy atom. The first-order valence-corrected chi connectivity index (χ1v) is 5.11. The van der Waals surface area contributed by atoms with Gasteiger partial charge in [0.25, 0.3) is 0 Å². The second-order valence-corrected chi connectivity index (χ2v) is 3.58. The number of rotatable bonds is 2. The number of esters is 1. The second-order valence-electron chi connectivity index (χ2n) is 3.24. The normalized spacial score (nSPS) is 10.3. The van der Waals surface area contributed by atoms with Crippen molar-refractivity contribution in [3.05, 3.63) is 29.3 Å². The standard InChI is InChI=1S/C10H9ClN4O2/c1-15-8(3-4-12-15)6-5-7(9(16)17-2)14-10(11)13-6/h3-5H,1-2H3. The lowest BCUT2D eigenvalue weighted by atomic mass is 10.2. The summed E-state index contributed by atoms with van der Waals surface area (Å²) in [5.74, 6) is -0.558.